The van der Waals surface area contributed by atoms with Crippen LogP contribution in [0.5, 0.6) is 0 Å². The Morgan fingerprint density at radius 3 is 2.26 bits per heavy atom. The van der Waals surface area contributed by atoms with Gasteiger partial charge in [0.15, 0.2) is 0 Å². The van der Waals surface area contributed by atoms with Crippen molar-refractivity contribution in [1.29, 1.82) is 5.26 Å². The van der Waals surface area contributed by atoms with Crippen molar-refractivity contribution >= 4 is 5.91 Å². The Labute approximate surface area is 138 Å². The summed E-state index contributed by atoms with van der Waals surface area (Å²) in [5.74, 6) is -0.263. The monoisotopic (exact) mass is 319 g/mol. The SMILES string of the molecule is CC(C)[C@@H](NCC(=O)N[C@](C)(C#N)C(C)C)c1ccc(F)cc1. The standard InChI is InChI=1S/C18H26FN3O/c1-12(2)17(14-6-8-15(19)9-7-14)21-10-16(23)22-18(5,11-20)13(3)4/h6-9,12-13,17,21H,10H2,1-5H3,(H,22,23)/t17-,18-/m1/s1. The van der Waals surface area contributed by atoms with Crippen molar-refractivity contribution in [3.8, 4) is 6.07 Å². The molecule has 0 saturated carbocycles. The lowest BCUT2D eigenvalue weighted by atomic mass is 9.90. The van der Waals surface area contributed by atoms with Crippen LogP contribution in [0.2, 0.25) is 0 Å². The van der Waals surface area contributed by atoms with Gasteiger partial charge < -0.3 is 10.6 Å². The fourth-order valence-electron chi connectivity index (χ4n) is 2.25. The Morgan fingerprint density at radius 2 is 1.83 bits per heavy atom. The topological polar surface area (TPSA) is 64.9 Å². The van der Waals surface area contributed by atoms with E-state index in [1.54, 1.807) is 19.1 Å². The van der Waals surface area contributed by atoms with Crippen LogP contribution in [0.1, 0.15) is 46.2 Å². The van der Waals surface area contributed by atoms with Crippen molar-refractivity contribution in [3.05, 3.63) is 35.6 Å². The molecule has 23 heavy (non-hydrogen) atoms. The lowest BCUT2D eigenvalue weighted by Gasteiger charge is -2.28. The van der Waals surface area contributed by atoms with Crippen LogP contribution in [0.15, 0.2) is 24.3 Å². The summed E-state index contributed by atoms with van der Waals surface area (Å²) in [6.07, 6.45) is 0. The molecule has 0 aliphatic carbocycles. The summed E-state index contributed by atoms with van der Waals surface area (Å²) in [6.45, 7) is 9.68. The molecule has 2 N–H and O–H groups in total. The average molecular weight is 319 g/mol. The van der Waals surface area contributed by atoms with Crippen LogP contribution in [-0.4, -0.2) is 18.0 Å². The van der Waals surface area contributed by atoms with E-state index < -0.39 is 5.54 Å². The molecule has 1 aromatic carbocycles. The van der Waals surface area contributed by atoms with E-state index in [-0.39, 0.29) is 36.1 Å². The molecule has 0 heterocycles. The number of benzene rings is 1. The van der Waals surface area contributed by atoms with Crippen LogP contribution in [-0.2, 0) is 4.79 Å². The van der Waals surface area contributed by atoms with Gasteiger partial charge in [-0.05, 0) is 36.5 Å². The van der Waals surface area contributed by atoms with E-state index in [2.05, 4.69) is 16.7 Å². The normalized spacial score (nSPS) is 15.1. The van der Waals surface area contributed by atoms with Gasteiger partial charge in [0.05, 0.1) is 12.6 Å². The Morgan fingerprint density at radius 1 is 1.26 bits per heavy atom. The minimum absolute atomic E-state index is 0.00874. The molecule has 0 fully saturated rings. The second-order valence-electron chi connectivity index (χ2n) is 6.67. The molecule has 0 radical (unpaired) electrons. The van der Waals surface area contributed by atoms with Crippen LogP contribution >= 0.6 is 0 Å². The van der Waals surface area contributed by atoms with E-state index in [0.29, 0.717) is 0 Å². The van der Waals surface area contributed by atoms with Crippen LogP contribution in [0, 0.1) is 29.0 Å². The van der Waals surface area contributed by atoms with Crippen molar-refractivity contribution in [2.45, 2.75) is 46.2 Å². The second kappa shape index (κ2) is 8.07. The maximum absolute atomic E-state index is 13.1. The summed E-state index contributed by atoms with van der Waals surface area (Å²) in [6, 6.07) is 8.36. The Hall–Kier alpha value is -1.93. The van der Waals surface area contributed by atoms with Crippen molar-refractivity contribution in [3.63, 3.8) is 0 Å². The number of nitrogens with one attached hydrogen (secondary N) is 2. The third-order valence-corrected chi connectivity index (χ3v) is 4.16. The molecule has 4 nitrogen and oxygen atoms in total. The Bertz CT molecular complexity index is 563. The molecule has 0 saturated heterocycles. The van der Waals surface area contributed by atoms with Crippen molar-refractivity contribution in [2.75, 3.05) is 6.54 Å². The summed E-state index contributed by atoms with van der Waals surface area (Å²) in [4.78, 5) is 12.1. The molecular weight excluding hydrogens is 293 g/mol. The highest BCUT2D eigenvalue weighted by molar-refractivity contribution is 5.79. The molecule has 1 aromatic rings. The molecular formula is C18H26FN3O. The molecule has 0 aliphatic heterocycles. The van der Waals surface area contributed by atoms with Crippen molar-refractivity contribution < 1.29 is 9.18 Å². The number of hydrogen-bond acceptors (Lipinski definition) is 3. The van der Waals surface area contributed by atoms with Gasteiger partial charge in [-0.1, -0.05) is 39.8 Å². The van der Waals surface area contributed by atoms with E-state index in [1.807, 2.05) is 27.7 Å². The van der Waals surface area contributed by atoms with Gasteiger partial charge >= 0.3 is 0 Å². The number of nitrogens with zero attached hydrogens (tertiary/aromatic N) is 1. The first-order valence-electron chi connectivity index (χ1n) is 7.90. The molecule has 0 unspecified atom stereocenters. The summed E-state index contributed by atoms with van der Waals surface area (Å²) in [5.41, 5.74) is 0.0446. The number of nitriles is 1. The molecule has 1 rings (SSSR count). The van der Waals surface area contributed by atoms with Crippen LogP contribution in [0.25, 0.3) is 0 Å². The van der Waals surface area contributed by atoms with Crippen LogP contribution < -0.4 is 10.6 Å². The third-order valence-electron chi connectivity index (χ3n) is 4.16. The smallest absolute Gasteiger partial charge is 0.235 e. The average Bonchev–Trinajstić information content (AvgIpc) is 2.48. The maximum Gasteiger partial charge on any atom is 0.235 e. The maximum atomic E-state index is 13.1. The van der Waals surface area contributed by atoms with Gasteiger partial charge in [-0.2, -0.15) is 5.26 Å². The molecule has 5 heteroatoms. The predicted molar refractivity (Wildman–Crippen MR) is 89.0 cm³/mol. The largest absolute Gasteiger partial charge is 0.337 e. The molecule has 0 aliphatic rings. The summed E-state index contributed by atoms with van der Waals surface area (Å²) >= 11 is 0. The zero-order valence-corrected chi connectivity index (χ0v) is 14.5. The second-order valence-corrected chi connectivity index (χ2v) is 6.67. The minimum Gasteiger partial charge on any atom is -0.337 e. The van der Waals surface area contributed by atoms with Gasteiger partial charge in [-0.15, -0.1) is 0 Å². The number of rotatable bonds is 7. The van der Waals surface area contributed by atoms with Gasteiger partial charge in [0.25, 0.3) is 0 Å². The first-order valence-corrected chi connectivity index (χ1v) is 7.90. The lowest BCUT2D eigenvalue weighted by molar-refractivity contribution is -0.122. The summed E-state index contributed by atoms with van der Waals surface area (Å²) < 4.78 is 13.1. The third kappa shape index (κ3) is 5.33. The van der Waals surface area contributed by atoms with E-state index in [1.165, 1.54) is 12.1 Å². The number of amides is 1. The van der Waals surface area contributed by atoms with E-state index >= 15 is 0 Å². The fraction of sp³-hybridized carbons (Fsp3) is 0.556. The highest BCUT2D eigenvalue weighted by atomic mass is 19.1. The molecule has 0 aromatic heterocycles. The first kappa shape index (κ1) is 19.1. The van der Waals surface area contributed by atoms with Crippen molar-refractivity contribution in [1.82, 2.24) is 10.6 Å². The lowest BCUT2D eigenvalue weighted by Crippen LogP contribution is -2.51. The fourth-order valence-corrected chi connectivity index (χ4v) is 2.25. The van der Waals surface area contributed by atoms with E-state index in [9.17, 15) is 14.4 Å². The summed E-state index contributed by atoms with van der Waals surface area (Å²) in [7, 11) is 0. The number of halogens is 1. The van der Waals surface area contributed by atoms with Crippen molar-refractivity contribution in [2.24, 2.45) is 11.8 Å². The Balaban J connectivity index is 2.71. The molecule has 2 atom stereocenters. The molecule has 0 spiro atoms. The zero-order chi connectivity index (χ0) is 17.6. The van der Waals surface area contributed by atoms with E-state index in [4.69, 9.17) is 0 Å². The highest BCUT2D eigenvalue weighted by Gasteiger charge is 2.30. The van der Waals surface area contributed by atoms with Gasteiger partial charge in [0, 0.05) is 6.04 Å². The molecule has 0 bridgehead atoms. The molecule has 1 amide bonds. The number of carbonyl (C=O) groups excluding carboxylic acids is 1. The molecule has 126 valence electrons. The first-order chi connectivity index (χ1) is 10.7. The Kier molecular flexibility index (Phi) is 6.71. The van der Waals surface area contributed by atoms with Gasteiger partial charge in [-0.25, -0.2) is 4.39 Å². The van der Waals surface area contributed by atoms with Gasteiger partial charge in [-0.3, -0.25) is 4.79 Å². The number of hydrogen-bond donors (Lipinski definition) is 2. The van der Waals surface area contributed by atoms with E-state index in [0.717, 1.165) is 5.56 Å². The quantitative estimate of drug-likeness (QED) is 0.811. The van der Waals surface area contributed by atoms with Crippen LogP contribution in [0.3, 0.4) is 0 Å². The summed E-state index contributed by atoms with van der Waals surface area (Å²) in [5, 5.41) is 15.2. The van der Waals surface area contributed by atoms with Gasteiger partial charge in [0.1, 0.15) is 11.4 Å². The van der Waals surface area contributed by atoms with Gasteiger partial charge in [0.2, 0.25) is 5.91 Å². The minimum atomic E-state index is -0.887. The van der Waals surface area contributed by atoms with Crippen LogP contribution in [0.4, 0.5) is 4.39 Å². The highest BCUT2D eigenvalue weighted by Crippen LogP contribution is 2.21. The number of carbonyl (C=O) groups is 1. The predicted octanol–water partition coefficient (Wildman–Crippen LogP) is 3.17. The zero-order valence-electron chi connectivity index (χ0n) is 14.5.